The van der Waals surface area contributed by atoms with E-state index in [0.717, 1.165) is 11.1 Å². The van der Waals surface area contributed by atoms with Gasteiger partial charge in [0.1, 0.15) is 18.5 Å². The molecule has 24 heavy (non-hydrogen) atoms. The summed E-state index contributed by atoms with van der Waals surface area (Å²) in [6, 6.07) is 19.7. The van der Waals surface area contributed by atoms with E-state index in [0.29, 0.717) is 12.2 Å². The minimum Gasteiger partial charge on any atom is -0.467 e. The van der Waals surface area contributed by atoms with Gasteiger partial charge in [-0.3, -0.25) is 0 Å². The van der Waals surface area contributed by atoms with Crippen molar-refractivity contribution in [2.45, 2.75) is 24.7 Å². The second-order valence-corrected chi connectivity index (χ2v) is 5.81. The lowest BCUT2D eigenvalue weighted by Gasteiger charge is -2.31. The quantitative estimate of drug-likeness (QED) is 0.856. The lowest BCUT2D eigenvalue weighted by atomic mass is 9.93. The lowest BCUT2D eigenvalue weighted by molar-refractivity contribution is -0.173. The highest BCUT2D eigenvalue weighted by atomic mass is 16.7. The van der Waals surface area contributed by atoms with Gasteiger partial charge in [-0.05, 0) is 17.2 Å². The predicted molar refractivity (Wildman–Crippen MR) is 91.2 cm³/mol. The van der Waals surface area contributed by atoms with Gasteiger partial charge in [0.2, 0.25) is 6.29 Å². The van der Waals surface area contributed by atoms with Crippen LogP contribution in [0.3, 0.4) is 0 Å². The van der Waals surface area contributed by atoms with Crippen molar-refractivity contribution in [3.8, 4) is 0 Å². The minimum atomic E-state index is -0.514. The summed E-state index contributed by atoms with van der Waals surface area (Å²) in [7, 11) is 0. The minimum absolute atomic E-state index is 0.113. The van der Waals surface area contributed by atoms with Gasteiger partial charge < -0.3 is 19.7 Å². The molecule has 126 valence electrons. The normalized spacial score (nSPS) is 21.7. The summed E-state index contributed by atoms with van der Waals surface area (Å²) in [6.07, 6.45) is 1.60. The molecule has 0 radical (unpaired) electrons. The van der Waals surface area contributed by atoms with Crippen LogP contribution in [-0.4, -0.2) is 29.7 Å². The maximum absolute atomic E-state index is 9.67. The van der Waals surface area contributed by atoms with Gasteiger partial charge in [0.25, 0.3) is 0 Å². The van der Waals surface area contributed by atoms with E-state index in [-0.39, 0.29) is 19.1 Å². The third-order valence-electron chi connectivity index (χ3n) is 4.15. The van der Waals surface area contributed by atoms with Crippen LogP contribution in [0.15, 0.2) is 72.5 Å². The largest absolute Gasteiger partial charge is 0.467 e. The maximum atomic E-state index is 9.67. The third kappa shape index (κ3) is 4.03. The monoisotopic (exact) mass is 326 g/mol. The summed E-state index contributed by atoms with van der Waals surface area (Å²) >= 11 is 0. The Morgan fingerprint density at radius 3 is 2.29 bits per heavy atom. The molecule has 0 saturated heterocycles. The Kier molecular flexibility index (Phi) is 5.64. The van der Waals surface area contributed by atoms with Crippen LogP contribution in [0.5, 0.6) is 0 Å². The molecule has 1 heterocycles. The summed E-state index contributed by atoms with van der Waals surface area (Å²) in [5, 5.41) is 19.2. The first-order valence-corrected chi connectivity index (χ1v) is 8.14. The maximum Gasteiger partial charge on any atom is 0.201 e. The van der Waals surface area contributed by atoms with Crippen LogP contribution in [0.1, 0.15) is 29.6 Å². The molecule has 0 bridgehead atoms. The van der Waals surface area contributed by atoms with E-state index in [2.05, 4.69) is 12.1 Å². The zero-order valence-electron chi connectivity index (χ0n) is 13.4. The van der Waals surface area contributed by atoms with E-state index in [1.165, 1.54) is 0 Å². The predicted octanol–water partition coefficient (Wildman–Crippen LogP) is 3.14. The van der Waals surface area contributed by atoms with Crippen molar-refractivity contribution < 1.29 is 19.7 Å². The number of benzene rings is 2. The van der Waals surface area contributed by atoms with Crippen molar-refractivity contribution in [2.24, 2.45) is 0 Å². The van der Waals surface area contributed by atoms with Crippen molar-refractivity contribution >= 4 is 0 Å². The molecule has 1 aliphatic heterocycles. The molecule has 4 heteroatoms. The molecule has 4 nitrogen and oxygen atoms in total. The van der Waals surface area contributed by atoms with Crippen molar-refractivity contribution in [3.63, 3.8) is 0 Å². The van der Waals surface area contributed by atoms with Crippen molar-refractivity contribution in [1.29, 1.82) is 0 Å². The number of allylic oxidation sites excluding steroid dienone is 1. The second-order valence-electron chi connectivity index (χ2n) is 5.81. The van der Waals surface area contributed by atoms with Gasteiger partial charge in [-0.15, -0.1) is 0 Å². The fourth-order valence-corrected chi connectivity index (χ4v) is 2.94. The number of hydrogen-bond donors (Lipinski definition) is 2. The summed E-state index contributed by atoms with van der Waals surface area (Å²) in [4.78, 5) is 0. The molecule has 0 aliphatic carbocycles. The smallest absolute Gasteiger partial charge is 0.201 e. The average Bonchev–Trinajstić information content (AvgIpc) is 2.67. The standard InChI is InChI=1S/C20H22O4/c21-13-18-11-17(15-7-3-1-4-8-15)12-20(23-18)24-19(14-22)16-9-5-2-6-10-16/h1-11,17,19-22H,12-14H2/t17-,19+,20-/m0/s1. The Bertz CT molecular complexity index is 654. The van der Waals surface area contributed by atoms with Gasteiger partial charge in [-0.25, -0.2) is 0 Å². The zero-order valence-corrected chi connectivity index (χ0v) is 13.4. The van der Waals surface area contributed by atoms with E-state index in [1.54, 1.807) is 0 Å². The van der Waals surface area contributed by atoms with Crippen LogP contribution in [0, 0.1) is 0 Å². The van der Waals surface area contributed by atoms with Crippen molar-refractivity contribution in [1.82, 2.24) is 0 Å². The number of aliphatic hydroxyl groups is 2. The van der Waals surface area contributed by atoms with E-state index < -0.39 is 12.4 Å². The Hall–Kier alpha value is -2.14. The topological polar surface area (TPSA) is 58.9 Å². The Balaban J connectivity index is 1.75. The SMILES string of the molecule is OCC1=C[C@H](c2ccccc2)C[C@H](O[C@H](CO)c2ccccc2)O1. The average molecular weight is 326 g/mol. The van der Waals surface area contributed by atoms with Crippen LogP contribution >= 0.6 is 0 Å². The molecule has 2 aromatic carbocycles. The van der Waals surface area contributed by atoms with Crippen LogP contribution in [0.2, 0.25) is 0 Å². The fraction of sp³-hybridized carbons (Fsp3) is 0.300. The van der Waals surface area contributed by atoms with Crippen LogP contribution in [0.4, 0.5) is 0 Å². The summed E-state index contributed by atoms with van der Waals surface area (Å²) < 4.78 is 11.7. The molecule has 0 fully saturated rings. The molecule has 0 amide bonds. The molecule has 2 aromatic rings. The number of aliphatic hydroxyl groups excluding tert-OH is 2. The van der Waals surface area contributed by atoms with Crippen LogP contribution < -0.4 is 0 Å². The first kappa shape index (κ1) is 16.7. The molecule has 1 aliphatic rings. The fourth-order valence-electron chi connectivity index (χ4n) is 2.94. The van der Waals surface area contributed by atoms with E-state index >= 15 is 0 Å². The molecular formula is C20H22O4. The molecule has 2 N–H and O–H groups in total. The van der Waals surface area contributed by atoms with Crippen LogP contribution in [-0.2, 0) is 9.47 Å². The Morgan fingerprint density at radius 1 is 1.00 bits per heavy atom. The van der Waals surface area contributed by atoms with E-state index in [1.807, 2.05) is 54.6 Å². The molecule has 3 rings (SSSR count). The molecular weight excluding hydrogens is 304 g/mol. The van der Waals surface area contributed by atoms with Crippen molar-refractivity contribution in [3.05, 3.63) is 83.6 Å². The molecule has 0 unspecified atom stereocenters. The van der Waals surface area contributed by atoms with Gasteiger partial charge in [-0.2, -0.15) is 0 Å². The van der Waals surface area contributed by atoms with Gasteiger partial charge in [-0.1, -0.05) is 60.7 Å². The summed E-state index contributed by atoms with van der Waals surface area (Å²) in [5.41, 5.74) is 2.06. The Labute approximate surface area is 142 Å². The first-order valence-electron chi connectivity index (χ1n) is 8.14. The molecule has 0 spiro atoms. The highest BCUT2D eigenvalue weighted by Gasteiger charge is 2.27. The first-order chi connectivity index (χ1) is 11.8. The second kappa shape index (κ2) is 8.11. The highest BCUT2D eigenvalue weighted by molar-refractivity contribution is 5.26. The zero-order chi connectivity index (χ0) is 16.8. The third-order valence-corrected chi connectivity index (χ3v) is 4.15. The Morgan fingerprint density at radius 2 is 1.67 bits per heavy atom. The summed E-state index contributed by atoms with van der Waals surface area (Å²) in [6.45, 7) is -0.295. The summed E-state index contributed by atoms with van der Waals surface area (Å²) in [5.74, 6) is 0.618. The van der Waals surface area contributed by atoms with Crippen molar-refractivity contribution in [2.75, 3.05) is 13.2 Å². The van der Waals surface area contributed by atoms with Crippen LogP contribution in [0.25, 0.3) is 0 Å². The van der Waals surface area contributed by atoms with E-state index in [4.69, 9.17) is 9.47 Å². The molecule has 0 saturated carbocycles. The van der Waals surface area contributed by atoms with E-state index in [9.17, 15) is 10.2 Å². The van der Waals surface area contributed by atoms with Gasteiger partial charge in [0, 0.05) is 12.3 Å². The lowest BCUT2D eigenvalue weighted by Crippen LogP contribution is -2.28. The van der Waals surface area contributed by atoms with Gasteiger partial charge >= 0.3 is 0 Å². The number of hydrogen-bond acceptors (Lipinski definition) is 4. The van der Waals surface area contributed by atoms with Gasteiger partial charge in [0.05, 0.1) is 6.61 Å². The number of rotatable bonds is 6. The highest BCUT2D eigenvalue weighted by Crippen LogP contribution is 2.33. The van der Waals surface area contributed by atoms with Gasteiger partial charge in [0.15, 0.2) is 0 Å². The number of ether oxygens (including phenoxy) is 2. The molecule has 3 atom stereocenters. The molecule has 0 aromatic heterocycles.